The van der Waals surface area contributed by atoms with Gasteiger partial charge in [-0.3, -0.25) is 4.98 Å². The summed E-state index contributed by atoms with van der Waals surface area (Å²) in [6, 6.07) is 19.8. The Morgan fingerprint density at radius 3 is 2.66 bits per heavy atom. The van der Waals surface area contributed by atoms with E-state index >= 15 is 0 Å². The van der Waals surface area contributed by atoms with Crippen LogP contribution >= 0.6 is 12.2 Å². The summed E-state index contributed by atoms with van der Waals surface area (Å²) >= 11 is 5.85. The number of aromatic nitrogens is 2. The predicted molar refractivity (Wildman–Crippen MR) is 121 cm³/mol. The van der Waals surface area contributed by atoms with Gasteiger partial charge in [-0.05, 0) is 73.9 Å². The molecule has 29 heavy (non-hydrogen) atoms. The van der Waals surface area contributed by atoms with Crippen LogP contribution in [0.4, 0.5) is 5.69 Å². The molecular weight excluding hydrogens is 376 g/mol. The molecule has 2 unspecified atom stereocenters. The monoisotopic (exact) mass is 402 g/mol. The molecule has 1 aromatic carbocycles. The van der Waals surface area contributed by atoms with Crippen molar-refractivity contribution in [1.82, 2.24) is 14.9 Å². The van der Waals surface area contributed by atoms with Gasteiger partial charge in [-0.15, -0.1) is 0 Å². The molecular formula is C24H26N4S. The number of nitrogens with one attached hydrogen (secondary N) is 1. The summed E-state index contributed by atoms with van der Waals surface area (Å²) in [7, 11) is 0. The molecule has 2 aromatic heterocycles. The van der Waals surface area contributed by atoms with E-state index in [0.717, 1.165) is 16.5 Å². The van der Waals surface area contributed by atoms with Crippen molar-refractivity contribution in [2.24, 2.45) is 0 Å². The van der Waals surface area contributed by atoms with Crippen LogP contribution in [0.15, 0.2) is 67.0 Å². The third kappa shape index (κ3) is 3.33. The van der Waals surface area contributed by atoms with Crippen LogP contribution in [0.2, 0.25) is 0 Å². The Hall–Kier alpha value is -2.66. The second-order valence-electron chi connectivity index (χ2n) is 8.11. The second kappa shape index (κ2) is 7.64. The Kier molecular flexibility index (Phi) is 4.84. The lowest BCUT2D eigenvalue weighted by atomic mass is 10.00. The number of rotatable bonds is 4. The first-order valence-electron chi connectivity index (χ1n) is 10.5. The Balaban J connectivity index is 1.63. The first kappa shape index (κ1) is 18.4. The fourth-order valence-corrected chi connectivity index (χ4v) is 5.23. The molecule has 4 nitrogen and oxygen atoms in total. The second-order valence-corrected chi connectivity index (χ2v) is 8.50. The summed E-state index contributed by atoms with van der Waals surface area (Å²) in [6.45, 7) is 2.13. The zero-order valence-corrected chi connectivity index (χ0v) is 17.5. The SMILES string of the molecule is Cc1cccc(N2C(=S)NC(c3ccccn3)C2c2cccn2C2CCCC2)c1. The molecule has 148 valence electrons. The highest BCUT2D eigenvalue weighted by atomic mass is 32.1. The highest BCUT2D eigenvalue weighted by Crippen LogP contribution is 2.43. The first-order chi connectivity index (χ1) is 14.2. The van der Waals surface area contributed by atoms with Gasteiger partial charge in [0, 0.05) is 29.8 Å². The summed E-state index contributed by atoms with van der Waals surface area (Å²) in [4.78, 5) is 6.95. The molecule has 1 saturated carbocycles. The molecule has 1 aliphatic carbocycles. The van der Waals surface area contributed by atoms with Gasteiger partial charge in [0.1, 0.15) is 6.04 Å². The van der Waals surface area contributed by atoms with E-state index < -0.39 is 0 Å². The molecule has 0 bridgehead atoms. The number of thiocarbonyl (C=S) groups is 1. The zero-order valence-electron chi connectivity index (χ0n) is 16.7. The maximum absolute atomic E-state index is 5.85. The van der Waals surface area contributed by atoms with Crippen LogP contribution in [0.25, 0.3) is 0 Å². The Morgan fingerprint density at radius 2 is 1.90 bits per heavy atom. The number of benzene rings is 1. The van der Waals surface area contributed by atoms with Gasteiger partial charge < -0.3 is 14.8 Å². The molecule has 3 aromatic rings. The molecule has 0 spiro atoms. The van der Waals surface area contributed by atoms with Crippen LogP contribution in [0.1, 0.15) is 60.8 Å². The number of anilines is 1. The average Bonchev–Trinajstić information content (AvgIpc) is 3.47. The summed E-state index contributed by atoms with van der Waals surface area (Å²) in [6.07, 6.45) is 9.25. The maximum atomic E-state index is 5.85. The van der Waals surface area contributed by atoms with E-state index in [-0.39, 0.29) is 12.1 Å². The minimum Gasteiger partial charge on any atom is -0.351 e. The number of aryl methyl sites for hydroxylation is 1. The average molecular weight is 403 g/mol. The van der Waals surface area contributed by atoms with Gasteiger partial charge in [-0.2, -0.15) is 0 Å². The lowest BCUT2D eigenvalue weighted by molar-refractivity contribution is 0.461. The fourth-order valence-electron chi connectivity index (χ4n) is 4.88. The van der Waals surface area contributed by atoms with Gasteiger partial charge >= 0.3 is 0 Å². The molecule has 1 N–H and O–H groups in total. The number of hydrogen-bond donors (Lipinski definition) is 1. The summed E-state index contributed by atoms with van der Waals surface area (Å²) in [5.74, 6) is 0. The van der Waals surface area contributed by atoms with Crippen molar-refractivity contribution in [2.45, 2.75) is 50.7 Å². The van der Waals surface area contributed by atoms with Gasteiger partial charge in [-0.25, -0.2) is 0 Å². The first-order valence-corrected chi connectivity index (χ1v) is 10.9. The van der Waals surface area contributed by atoms with Crippen molar-refractivity contribution in [3.63, 3.8) is 0 Å². The van der Waals surface area contributed by atoms with E-state index in [4.69, 9.17) is 12.2 Å². The van der Waals surface area contributed by atoms with Crippen LogP contribution < -0.4 is 10.2 Å². The van der Waals surface area contributed by atoms with E-state index in [0.29, 0.717) is 6.04 Å². The van der Waals surface area contributed by atoms with E-state index in [1.165, 1.54) is 36.9 Å². The summed E-state index contributed by atoms with van der Waals surface area (Å²) < 4.78 is 2.49. The van der Waals surface area contributed by atoms with Crippen molar-refractivity contribution in [3.05, 3.63) is 83.9 Å². The highest BCUT2D eigenvalue weighted by Gasteiger charge is 2.42. The minimum atomic E-state index is 0.0132. The van der Waals surface area contributed by atoms with Crippen LogP contribution in [0.3, 0.4) is 0 Å². The Bertz CT molecular complexity index is 1010. The molecule has 5 heteroatoms. The van der Waals surface area contributed by atoms with Crippen LogP contribution in [0, 0.1) is 6.92 Å². The number of nitrogens with zero attached hydrogens (tertiary/aromatic N) is 3. The smallest absolute Gasteiger partial charge is 0.174 e. The van der Waals surface area contributed by atoms with E-state index in [1.54, 1.807) is 0 Å². The topological polar surface area (TPSA) is 33.1 Å². The van der Waals surface area contributed by atoms with Crippen LogP contribution in [-0.4, -0.2) is 14.7 Å². The van der Waals surface area contributed by atoms with Crippen molar-refractivity contribution >= 4 is 23.0 Å². The van der Waals surface area contributed by atoms with Crippen molar-refractivity contribution in [2.75, 3.05) is 4.90 Å². The molecule has 2 fully saturated rings. The molecule has 0 amide bonds. The standard InChI is InChI=1S/C24H26N4S/c1-17-8-6-11-19(16-17)28-23(21-13-7-15-27(21)18-9-2-3-10-18)22(26-24(28)29)20-12-4-5-14-25-20/h4-8,11-16,18,22-23H,2-3,9-10H2,1H3,(H,26,29). The molecule has 5 rings (SSSR count). The molecule has 2 aliphatic rings. The van der Waals surface area contributed by atoms with Crippen molar-refractivity contribution in [3.8, 4) is 0 Å². The van der Waals surface area contributed by atoms with Crippen LogP contribution in [-0.2, 0) is 0 Å². The van der Waals surface area contributed by atoms with Crippen molar-refractivity contribution in [1.29, 1.82) is 0 Å². The lowest BCUT2D eigenvalue weighted by Gasteiger charge is -2.30. The van der Waals surface area contributed by atoms with Crippen LogP contribution in [0.5, 0.6) is 0 Å². The van der Waals surface area contributed by atoms with E-state index in [2.05, 4.69) is 81.4 Å². The summed E-state index contributed by atoms with van der Waals surface area (Å²) in [5, 5.41) is 4.34. The normalized spacial score (nSPS) is 22.2. The fraction of sp³-hybridized carbons (Fsp3) is 0.333. The van der Waals surface area contributed by atoms with Gasteiger partial charge in [-0.1, -0.05) is 31.0 Å². The van der Waals surface area contributed by atoms with Gasteiger partial charge in [0.15, 0.2) is 5.11 Å². The third-order valence-electron chi connectivity index (χ3n) is 6.21. The van der Waals surface area contributed by atoms with Gasteiger partial charge in [0.05, 0.1) is 11.7 Å². The quantitative estimate of drug-likeness (QED) is 0.586. The molecule has 0 radical (unpaired) electrons. The molecule has 3 heterocycles. The summed E-state index contributed by atoms with van der Waals surface area (Å²) in [5.41, 5.74) is 4.69. The Labute approximate surface area is 177 Å². The minimum absolute atomic E-state index is 0.0132. The van der Waals surface area contributed by atoms with Gasteiger partial charge in [0.2, 0.25) is 0 Å². The lowest BCUT2D eigenvalue weighted by Crippen LogP contribution is -2.30. The largest absolute Gasteiger partial charge is 0.351 e. The maximum Gasteiger partial charge on any atom is 0.174 e. The van der Waals surface area contributed by atoms with E-state index in [9.17, 15) is 0 Å². The number of pyridine rings is 1. The predicted octanol–water partition coefficient (Wildman–Crippen LogP) is 5.48. The molecule has 2 atom stereocenters. The third-order valence-corrected chi connectivity index (χ3v) is 6.53. The number of hydrogen-bond acceptors (Lipinski definition) is 2. The van der Waals surface area contributed by atoms with Gasteiger partial charge in [0.25, 0.3) is 0 Å². The van der Waals surface area contributed by atoms with Crippen molar-refractivity contribution < 1.29 is 0 Å². The molecule has 1 aliphatic heterocycles. The Morgan fingerprint density at radius 1 is 1.03 bits per heavy atom. The molecule has 1 saturated heterocycles. The van der Waals surface area contributed by atoms with E-state index in [1.807, 2.05) is 12.3 Å². The highest BCUT2D eigenvalue weighted by molar-refractivity contribution is 7.80. The zero-order chi connectivity index (χ0) is 19.8.